The SMILES string of the molecule is O=[P+](O)O.[Na].[Na].[Na].[Na].[Na]. The Balaban J connectivity index is -0.00000000450. The van der Waals surface area contributed by atoms with E-state index in [1.807, 2.05) is 0 Å². The molecular weight excluding hydrogens is 194 g/mol. The molecule has 2 N–H and O–H groups in total. The summed E-state index contributed by atoms with van der Waals surface area (Å²) >= 11 is 0. The van der Waals surface area contributed by atoms with E-state index in [0.29, 0.717) is 0 Å². The molecule has 0 aliphatic rings. The van der Waals surface area contributed by atoms with Crippen molar-refractivity contribution in [3.8, 4) is 0 Å². The summed E-state index contributed by atoms with van der Waals surface area (Å²) in [7, 11) is -2.87. The normalized spacial score (nSPS) is 2.89. The van der Waals surface area contributed by atoms with Crippen LogP contribution in [0.1, 0.15) is 0 Å². The fourth-order valence-electron chi connectivity index (χ4n) is 0. The Kier molecular flexibility index (Phi) is 120. The molecule has 0 saturated carbocycles. The second-order valence-corrected chi connectivity index (χ2v) is 0.758. The minimum atomic E-state index is -2.87. The molecule has 0 aromatic heterocycles. The van der Waals surface area contributed by atoms with Crippen molar-refractivity contribution in [3.05, 3.63) is 0 Å². The van der Waals surface area contributed by atoms with Gasteiger partial charge in [-0.3, -0.25) is 0 Å². The Morgan fingerprint density at radius 2 is 0.778 bits per heavy atom. The van der Waals surface area contributed by atoms with Crippen molar-refractivity contribution in [2.24, 2.45) is 0 Å². The minimum Gasteiger partial charge on any atom is -0.134 e. The van der Waals surface area contributed by atoms with Crippen LogP contribution in [0.5, 0.6) is 0 Å². The minimum absolute atomic E-state index is 0. The Morgan fingerprint density at radius 3 is 0.778 bits per heavy atom. The van der Waals surface area contributed by atoms with Crippen molar-refractivity contribution in [3.63, 3.8) is 0 Å². The predicted molar refractivity (Wildman–Crippen MR) is 40.8 cm³/mol. The van der Waals surface area contributed by atoms with E-state index in [-0.39, 0.29) is 148 Å². The molecule has 5 radical (unpaired) electrons. The average molecular weight is 196 g/mol. The zero-order valence-electron chi connectivity index (χ0n) is 6.75. The second kappa shape index (κ2) is 29.2. The van der Waals surface area contributed by atoms with Gasteiger partial charge < -0.3 is 0 Å². The molecule has 0 saturated heterocycles. The number of rotatable bonds is 0. The Morgan fingerprint density at radius 1 is 0.778 bits per heavy atom. The fourth-order valence-corrected chi connectivity index (χ4v) is 0. The molecular formula is H2Na5O3P+. The standard InChI is InChI=1S/5Na.HO3P/c;;;;;1-4(2)3/h;;;;;(H-,1,2,3)/p+1. The van der Waals surface area contributed by atoms with Crippen LogP contribution in [0, 0.1) is 0 Å². The summed E-state index contributed by atoms with van der Waals surface area (Å²) in [6.45, 7) is 0. The molecule has 0 fully saturated rings. The fraction of sp³-hybridized carbons (Fsp3) is 0. The van der Waals surface area contributed by atoms with Crippen molar-refractivity contribution < 1.29 is 14.4 Å². The van der Waals surface area contributed by atoms with E-state index in [4.69, 9.17) is 14.4 Å². The molecule has 0 rings (SSSR count). The van der Waals surface area contributed by atoms with Crippen LogP contribution < -0.4 is 0 Å². The topological polar surface area (TPSA) is 57.5 Å². The summed E-state index contributed by atoms with van der Waals surface area (Å²) in [5.74, 6) is 0. The van der Waals surface area contributed by atoms with Gasteiger partial charge in [0.25, 0.3) is 0 Å². The van der Waals surface area contributed by atoms with Gasteiger partial charge in [-0.15, -0.1) is 9.79 Å². The first-order valence-corrected chi connectivity index (χ1v) is 1.75. The zero-order valence-corrected chi connectivity index (χ0v) is 17.6. The van der Waals surface area contributed by atoms with Gasteiger partial charge in [0.2, 0.25) is 0 Å². The molecule has 0 amide bonds. The summed E-state index contributed by atoms with van der Waals surface area (Å²) in [6.07, 6.45) is 0. The Hall–Kier alpha value is 5.02. The molecule has 0 bridgehead atoms. The first kappa shape index (κ1) is 37.0. The van der Waals surface area contributed by atoms with Crippen LogP contribution in [-0.4, -0.2) is 158 Å². The monoisotopic (exact) mass is 196 g/mol. The number of hydrogen-bond acceptors (Lipinski definition) is 1. The van der Waals surface area contributed by atoms with Gasteiger partial charge in [0.1, 0.15) is 0 Å². The molecule has 0 heterocycles. The van der Waals surface area contributed by atoms with Gasteiger partial charge in [-0.2, -0.15) is 0 Å². The van der Waals surface area contributed by atoms with Crippen LogP contribution in [-0.2, 0) is 4.57 Å². The van der Waals surface area contributed by atoms with E-state index in [0.717, 1.165) is 0 Å². The van der Waals surface area contributed by atoms with Gasteiger partial charge in [0.15, 0.2) is 0 Å². The molecule has 0 atom stereocenters. The Bertz CT molecular complexity index is 35.2. The van der Waals surface area contributed by atoms with Gasteiger partial charge >= 0.3 is 8.25 Å². The first-order valence-electron chi connectivity index (χ1n) is 0.583. The summed E-state index contributed by atoms with van der Waals surface area (Å²) < 4.78 is 8.70. The van der Waals surface area contributed by atoms with Crippen molar-refractivity contribution in [1.82, 2.24) is 0 Å². The predicted octanol–water partition coefficient (Wildman–Crippen LogP) is -2.28. The van der Waals surface area contributed by atoms with Crippen molar-refractivity contribution in [2.45, 2.75) is 0 Å². The maximum absolute atomic E-state index is 8.70. The van der Waals surface area contributed by atoms with E-state index in [1.165, 1.54) is 0 Å². The van der Waals surface area contributed by atoms with Crippen molar-refractivity contribution in [1.29, 1.82) is 0 Å². The summed E-state index contributed by atoms with van der Waals surface area (Å²) in [5, 5.41) is 0. The quantitative estimate of drug-likeness (QED) is 0.339. The molecule has 29 valence electrons. The Labute approximate surface area is 166 Å². The zero-order chi connectivity index (χ0) is 3.58. The van der Waals surface area contributed by atoms with Gasteiger partial charge in [-0.05, 0) is 0 Å². The maximum Gasteiger partial charge on any atom is 0.692 e. The van der Waals surface area contributed by atoms with Gasteiger partial charge in [0, 0.05) is 152 Å². The molecule has 0 aromatic carbocycles. The van der Waals surface area contributed by atoms with Gasteiger partial charge in [-0.25, -0.2) is 0 Å². The molecule has 9 heteroatoms. The molecule has 0 spiro atoms. The van der Waals surface area contributed by atoms with Crippen LogP contribution in [0.3, 0.4) is 0 Å². The van der Waals surface area contributed by atoms with E-state index in [2.05, 4.69) is 0 Å². The molecule has 0 aliphatic carbocycles. The third-order valence-electron chi connectivity index (χ3n) is 0. The van der Waals surface area contributed by atoms with E-state index >= 15 is 0 Å². The molecule has 0 aliphatic heterocycles. The van der Waals surface area contributed by atoms with Crippen LogP contribution in [0.4, 0.5) is 0 Å². The molecule has 9 heavy (non-hydrogen) atoms. The smallest absolute Gasteiger partial charge is 0.134 e. The van der Waals surface area contributed by atoms with Crippen LogP contribution >= 0.6 is 8.25 Å². The van der Waals surface area contributed by atoms with Crippen molar-refractivity contribution >= 4 is 156 Å². The van der Waals surface area contributed by atoms with Gasteiger partial charge in [-0.1, -0.05) is 0 Å². The average Bonchev–Trinajstić information content (AvgIpc) is 0.811. The van der Waals surface area contributed by atoms with E-state index in [1.54, 1.807) is 0 Å². The third-order valence-corrected chi connectivity index (χ3v) is 0. The molecule has 0 aromatic rings. The second-order valence-electron chi connectivity index (χ2n) is 0.253. The molecule has 0 unspecified atom stereocenters. The van der Waals surface area contributed by atoms with E-state index in [9.17, 15) is 0 Å². The van der Waals surface area contributed by atoms with Crippen molar-refractivity contribution in [2.75, 3.05) is 0 Å². The maximum atomic E-state index is 8.70. The molecule has 3 nitrogen and oxygen atoms in total. The van der Waals surface area contributed by atoms with Crippen LogP contribution in [0.25, 0.3) is 0 Å². The third kappa shape index (κ3) is 62.7. The van der Waals surface area contributed by atoms with Crippen LogP contribution in [0.2, 0.25) is 0 Å². The summed E-state index contributed by atoms with van der Waals surface area (Å²) in [5.41, 5.74) is 0. The largest absolute Gasteiger partial charge is 0.692 e. The first-order chi connectivity index (χ1) is 1.73. The van der Waals surface area contributed by atoms with Gasteiger partial charge in [0.05, 0.1) is 0 Å². The number of hydrogen-bond donors (Lipinski definition) is 2. The summed E-state index contributed by atoms with van der Waals surface area (Å²) in [6, 6.07) is 0. The summed E-state index contributed by atoms with van der Waals surface area (Å²) in [4.78, 5) is 14.2. The van der Waals surface area contributed by atoms with Crippen LogP contribution in [0.15, 0.2) is 0 Å². The van der Waals surface area contributed by atoms with E-state index < -0.39 is 8.25 Å².